The molecule has 2 aliphatic heterocycles. The van der Waals surface area contributed by atoms with Crippen molar-refractivity contribution in [2.75, 3.05) is 22.1 Å². The molecular weight excluding hydrogens is 349 g/mol. The van der Waals surface area contributed by atoms with Gasteiger partial charge in [0.05, 0.1) is 17.3 Å². The lowest BCUT2D eigenvalue weighted by atomic mass is 9.89. The first-order valence-electron chi connectivity index (χ1n) is 8.82. The van der Waals surface area contributed by atoms with Crippen LogP contribution in [0.1, 0.15) is 30.7 Å². The lowest BCUT2D eigenvalue weighted by molar-refractivity contribution is -0.123. The summed E-state index contributed by atoms with van der Waals surface area (Å²) in [6.45, 7) is 0.611. The van der Waals surface area contributed by atoms with Gasteiger partial charge in [0, 0.05) is 25.1 Å². The number of fused-ring (bicyclic) bond motifs is 1. The summed E-state index contributed by atoms with van der Waals surface area (Å²) in [5, 5.41) is 5.45. The van der Waals surface area contributed by atoms with Gasteiger partial charge in [-0.25, -0.2) is 4.39 Å². The summed E-state index contributed by atoms with van der Waals surface area (Å²) in [5.74, 6) is -1.88. The van der Waals surface area contributed by atoms with Gasteiger partial charge in [-0.05, 0) is 36.2 Å². The number of para-hydroxylation sites is 2. The number of nitrogens with one attached hydrogen (secondary N) is 2. The molecule has 0 saturated carbocycles. The Morgan fingerprint density at radius 3 is 2.78 bits per heavy atom. The highest BCUT2D eigenvalue weighted by Gasteiger charge is 2.32. The zero-order chi connectivity index (χ0) is 19.0. The van der Waals surface area contributed by atoms with Crippen LogP contribution in [0.5, 0.6) is 0 Å². The van der Waals surface area contributed by atoms with Crippen molar-refractivity contribution in [3.8, 4) is 0 Å². The molecule has 7 heteroatoms. The summed E-state index contributed by atoms with van der Waals surface area (Å²) < 4.78 is 13.5. The molecule has 0 aromatic heterocycles. The van der Waals surface area contributed by atoms with Gasteiger partial charge in [-0.15, -0.1) is 0 Å². The zero-order valence-corrected chi connectivity index (χ0v) is 14.5. The van der Waals surface area contributed by atoms with Crippen molar-refractivity contribution in [3.05, 3.63) is 53.8 Å². The van der Waals surface area contributed by atoms with Crippen LogP contribution in [0.4, 0.5) is 21.5 Å². The predicted octanol–water partition coefficient (Wildman–Crippen LogP) is 3.02. The smallest absolute Gasteiger partial charge is 0.232 e. The molecule has 138 valence electrons. The first-order valence-corrected chi connectivity index (χ1v) is 8.82. The molecule has 0 bridgehead atoms. The first kappa shape index (κ1) is 17.2. The van der Waals surface area contributed by atoms with Crippen LogP contribution < -0.4 is 15.5 Å². The number of rotatable bonds is 3. The molecule has 2 heterocycles. The molecule has 3 amide bonds. The van der Waals surface area contributed by atoms with Crippen LogP contribution in [0.15, 0.2) is 42.5 Å². The van der Waals surface area contributed by atoms with E-state index >= 15 is 0 Å². The number of anilines is 3. The van der Waals surface area contributed by atoms with E-state index in [2.05, 4.69) is 10.6 Å². The normalized spacial score (nSPS) is 18.9. The summed E-state index contributed by atoms with van der Waals surface area (Å²) in [6, 6.07) is 11.1. The highest BCUT2D eigenvalue weighted by Crippen LogP contribution is 2.35. The van der Waals surface area contributed by atoms with Crippen LogP contribution in [0.25, 0.3) is 0 Å². The average molecular weight is 367 g/mol. The van der Waals surface area contributed by atoms with E-state index in [9.17, 15) is 18.8 Å². The third-order valence-electron chi connectivity index (χ3n) is 4.90. The zero-order valence-electron chi connectivity index (χ0n) is 14.5. The molecule has 1 atom stereocenters. The predicted molar refractivity (Wildman–Crippen MR) is 99.0 cm³/mol. The maximum Gasteiger partial charge on any atom is 0.232 e. The van der Waals surface area contributed by atoms with Crippen molar-refractivity contribution in [1.82, 2.24) is 0 Å². The van der Waals surface area contributed by atoms with Gasteiger partial charge in [0.2, 0.25) is 17.7 Å². The second-order valence-corrected chi connectivity index (χ2v) is 6.69. The number of hydrogen-bond acceptors (Lipinski definition) is 3. The van der Waals surface area contributed by atoms with E-state index in [0.29, 0.717) is 35.6 Å². The Labute approximate surface area is 155 Å². The topological polar surface area (TPSA) is 78.5 Å². The van der Waals surface area contributed by atoms with Crippen molar-refractivity contribution in [2.45, 2.75) is 25.2 Å². The van der Waals surface area contributed by atoms with E-state index in [1.807, 2.05) is 6.07 Å². The van der Waals surface area contributed by atoms with Gasteiger partial charge in [0.1, 0.15) is 5.82 Å². The second kappa shape index (κ2) is 6.83. The lowest BCUT2D eigenvalue weighted by Crippen LogP contribution is -2.32. The molecular formula is C20H18FN3O3. The summed E-state index contributed by atoms with van der Waals surface area (Å²) >= 11 is 0. The minimum Gasteiger partial charge on any atom is -0.326 e. The third kappa shape index (κ3) is 3.28. The standard InChI is InChI=1S/C20H18FN3O3/c21-12-7-8-13-14(11-18(25)22-16(13)10-12)20(27)23-15-4-1-2-5-17(15)24-9-3-6-19(24)26/h1-2,4-5,7-8,10,14H,3,6,9,11H2,(H,22,25)(H,23,27)/t14-/m1/s1. The Balaban J connectivity index is 1.62. The number of carbonyl (C=O) groups excluding carboxylic acids is 3. The molecule has 2 aromatic carbocycles. The summed E-state index contributed by atoms with van der Waals surface area (Å²) in [7, 11) is 0. The van der Waals surface area contributed by atoms with Crippen molar-refractivity contribution in [2.24, 2.45) is 0 Å². The van der Waals surface area contributed by atoms with E-state index in [1.54, 1.807) is 23.1 Å². The van der Waals surface area contributed by atoms with Crippen LogP contribution in [0.3, 0.4) is 0 Å². The maximum absolute atomic E-state index is 13.5. The molecule has 27 heavy (non-hydrogen) atoms. The quantitative estimate of drug-likeness (QED) is 0.875. The third-order valence-corrected chi connectivity index (χ3v) is 4.90. The van der Waals surface area contributed by atoms with Crippen molar-refractivity contribution >= 4 is 34.8 Å². The molecule has 4 rings (SSSR count). The molecule has 1 fully saturated rings. The van der Waals surface area contributed by atoms with Gasteiger partial charge in [0.15, 0.2) is 0 Å². The Kier molecular flexibility index (Phi) is 4.35. The van der Waals surface area contributed by atoms with E-state index in [1.165, 1.54) is 18.2 Å². The van der Waals surface area contributed by atoms with E-state index in [4.69, 9.17) is 0 Å². The fraction of sp³-hybridized carbons (Fsp3) is 0.250. The van der Waals surface area contributed by atoms with Crippen LogP contribution in [-0.4, -0.2) is 24.3 Å². The van der Waals surface area contributed by atoms with Crippen molar-refractivity contribution in [1.29, 1.82) is 0 Å². The molecule has 0 radical (unpaired) electrons. The Bertz CT molecular complexity index is 944. The fourth-order valence-electron chi connectivity index (χ4n) is 3.61. The maximum atomic E-state index is 13.5. The molecule has 1 saturated heterocycles. The van der Waals surface area contributed by atoms with Gasteiger partial charge >= 0.3 is 0 Å². The minimum atomic E-state index is -0.725. The molecule has 6 nitrogen and oxygen atoms in total. The van der Waals surface area contributed by atoms with Crippen molar-refractivity contribution < 1.29 is 18.8 Å². The number of nitrogens with zero attached hydrogens (tertiary/aromatic N) is 1. The number of amides is 3. The Morgan fingerprint density at radius 2 is 2.00 bits per heavy atom. The minimum absolute atomic E-state index is 0.0186. The SMILES string of the molecule is O=C1C[C@@H](C(=O)Nc2ccccc2N2CCCC2=O)c2ccc(F)cc2N1. The van der Waals surface area contributed by atoms with Crippen LogP contribution >= 0.6 is 0 Å². The Morgan fingerprint density at radius 1 is 1.19 bits per heavy atom. The molecule has 2 aliphatic rings. The second-order valence-electron chi connectivity index (χ2n) is 6.69. The summed E-state index contributed by atoms with van der Waals surface area (Å²) in [5.41, 5.74) is 2.05. The van der Waals surface area contributed by atoms with Gasteiger partial charge in [-0.1, -0.05) is 18.2 Å². The molecule has 0 spiro atoms. The first-order chi connectivity index (χ1) is 13.0. The highest BCUT2D eigenvalue weighted by molar-refractivity contribution is 6.07. The van der Waals surface area contributed by atoms with Gasteiger partial charge in [-0.2, -0.15) is 0 Å². The summed E-state index contributed by atoms with van der Waals surface area (Å²) in [4.78, 5) is 38.6. The van der Waals surface area contributed by atoms with Crippen molar-refractivity contribution in [3.63, 3.8) is 0 Å². The van der Waals surface area contributed by atoms with Crippen LogP contribution in [-0.2, 0) is 14.4 Å². The summed E-state index contributed by atoms with van der Waals surface area (Å²) in [6.07, 6.45) is 1.25. The molecule has 0 aliphatic carbocycles. The molecule has 2 N–H and O–H groups in total. The number of hydrogen-bond donors (Lipinski definition) is 2. The largest absolute Gasteiger partial charge is 0.326 e. The van der Waals surface area contributed by atoms with Gasteiger partial charge in [0.25, 0.3) is 0 Å². The van der Waals surface area contributed by atoms with E-state index in [-0.39, 0.29) is 24.1 Å². The number of halogens is 1. The van der Waals surface area contributed by atoms with E-state index < -0.39 is 11.7 Å². The fourth-order valence-corrected chi connectivity index (χ4v) is 3.61. The monoisotopic (exact) mass is 367 g/mol. The number of benzene rings is 2. The van der Waals surface area contributed by atoms with Crippen LogP contribution in [0, 0.1) is 5.82 Å². The van der Waals surface area contributed by atoms with Gasteiger partial charge in [-0.3, -0.25) is 14.4 Å². The average Bonchev–Trinajstić information content (AvgIpc) is 3.07. The molecule has 0 unspecified atom stereocenters. The highest BCUT2D eigenvalue weighted by atomic mass is 19.1. The van der Waals surface area contributed by atoms with Crippen LogP contribution in [0.2, 0.25) is 0 Å². The van der Waals surface area contributed by atoms with E-state index in [0.717, 1.165) is 6.42 Å². The number of carbonyl (C=O) groups is 3. The Hall–Kier alpha value is -3.22. The van der Waals surface area contributed by atoms with Gasteiger partial charge < -0.3 is 15.5 Å². The lowest BCUT2D eigenvalue weighted by Gasteiger charge is -2.26. The molecule has 2 aromatic rings.